The van der Waals surface area contributed by atoms with Crippen molar-refractivity contribution < 1.29 is 0 Å². The summed E-state index contributed by atoms with van der Waals surface area (Å²) in [4.78, 5) is 4.87. The molecule has 2 nitrogen and oxygen atoms in total. The maximum atomic E-state index is 4.87. The predicted molar refractivity (Wildman–Crippen MR) is 102 cm³/mol. The van der Waals surface area contributed by atoms with Gasteiger partial charge in [-0.15, -0.1) is 0 Å². The van der Waals surface area contributed by atoms with Crippen LogP contribution in [0.4, 0.5) is 0 Å². The van der Waals surface area contributed by atoms with E-state index in [1.54, 1.807) is 0 Å². The average Bonchev–Trinajstić information content (AvgIpc) is 2.89. The Morgan fingerprint density at radius 1 is 0.958 bits per heavy atom. The largest absolute Gasteiger partial charge is 0.340 e. The molecule has 3 aromatic rings. The highest BCUT2D eigenvalue weighted by Crippen LogP contribution is 2.40. The van der Waals surface area contributed by atoms with Gasteiger partial charge in [0.05, 0.1) is 11.2 Å². The lowest BCUT2D eigenvalue weighted by Crippen LogP contribution is -2.14. The fourth-order valence-corrected chi connectivity index (χ4v) is 4.43. The molecule has 124 valence electrons. The van der Waals surface area contributed by atoms with Gasteiger partial charge in [0.1, 0.15) is 0 Å². The first-order valence-electron chi connectivity index (χ1n) is 9.20. The Kier molecular flexibility index (Phi) is 3.91. The number of aryl methyl sites for hydroxylation is 2. The van der Waals surface area contributed by atoms with Crippen molar-refractivity contribution in [2.45, 2.75) is 58.9 Å². The summed E-state index contributed by atoms with van der Waals surface area (Å²) >= 11 is 0. The Morgan fingerprint density at radius 2 is 1.67 bits per heavy atom. The molecule has 1 aromatic carbocycles. The van der Waals surface area contributed by atoms with Crippen LogP contribution in [0.2, 0.25) is 0 Å². The molecule has 24 heavy (non-hydrogen) atoms. The molecular formula is C22H26N2. The molecule has 1 fully saturated rings. The lowest BCUT2D eigenvalue weighted by atomic mass is 9.95. The molecule has 1 saturated carbocycles. The Hall–Kier alpha value is -2.09. The summed E-state index contributed by atoms with van der Waals surface area (Å²) in [5, 5.41) is 1.41. The lowest BCUT2D eigenvalue weighted by molar-refractivity contribution is 0.356. The van der Waals surface area contributed by atoms with Crippen molar-refractivity contribution in [3.63, 3.8) is 0 Å². The third-order valence-electron chi connectivity index (χ3n) is 5.75. The van der Waals surface area contributed by atoms with Crippen LogP contribution in [0.15, 0.2) is 36.5 Å². The summed E-state index contributed by atoms with van der Waals surface area (Å²) in [5.74, 6) is 0. The van der Waals surface area contributed by atoms with E-state index in [1.807, 2.05) is 6.20 Å². The number of rotatable bonds is 2. The molecule has 0 bridgehead atoms. The van der Waals surface area contributed by atoms with Crippen molar-refractivity contribution >= 4 is 10.9 Å². The summed E-state index contributed by atoms with van der Waals surface area (Å²) in [7, 11) is 0. The van der Waals surface area contributed by atoms with Gasteiger partial charge in [0, 0.05) is 28.9 Å². The second kappa shape index (κ2) is 6.08. The van der Waals surface area contributed by atoms with Gasteiger partial charge in [0.15, 0.2) is 0 Å². The third kappa shape index (κ3) is 2.36. The van der Waals surface area contributed by atoms with Crippen LogP contribution in [0.5, 0.6) is 0 Å². The molecule has 2 aromatic heterocycles. The molecule has 0 amide bonds. The Morgan fingerprint density at radius 3 is 2.38 bits per heavy atom. The SMILES string of the molecule is Cc1cnc(-c2ccccc2)c2c1c(C)c(C)n2C1CCCCC1. The van der Waals surface area contributed by atoms with Crippen LogP contribution in [0, 0.1) is 20.8 Å². The van der Waals surface area contributed by atoms with Crippen LogP contribution in [0.25, 0.3) is 22.2 Å². The first-order valence-corrected chi connectivity index (χ1v) is 9.20. The van der Waals surface area contributed by atoms with E-state index in [-0.39, 0.29) is 0 Å². The van der Waals surface area contributed by atoms with E-state index in [1.165, 1.54) is 65.4 Å². The fraction of sp³-hybridized carbons (Fsp3) is 0.409. The standard InChI is InChI=1S/C22H26N2/c1-15-14-23-21(18-10-6-4-7-11-18)22-20(15)16(2)17(3)24(22)19-12-8-5-9-13-19/h4,6-7,10-11,14,19H,5,8-9,12-13H2,1-3H3. The molecule has 1 aliphatic carbocycles. The molecule has 0 atom stereocenters. The van der Waals surface area contributed by atoms with E-state index in [4.69, 9.17) is 4.98 Å². The van der Waals surface area contributed by atoms with Gasteiger partial charge in [-0.2, -0.15) is 0 Å². The summed E-state index contributed by atoms with van der Waals surface area (Å²) in [6.07, 6.45) is 8.73. The monoisotopic (exact) mass is 318 g/mol. The van der Waals surface area contributed by atoms with Gasteiger partial charge in [-0.1, -0.05) is 49.6 Å². The summed E-state index contributed by atoms with van der Waals surface area (Å²) in [6.45, 7) is 6.76. The molecular weight excluding hydrogens is 292 g/mol. The van der Waals surface area contributed by atoms with E-state index in [0.29, 0.717) is 6.04 Å². The first-order chi connectivity index (χ1) is 11.7. The van der Waals surface area contributed by atoms with Crippen LogP contribution >= 0.6 is 0 Å². The molecule has 2 heterocycles. The number of fused-ring (bicyclic) bond motifs is 1. The summed E-state index contributed by atoms with van der Waals surface area (Å²) in [5.41, 5.74) is 7.84. The maximum Gasteiger partial charge on any atom is 0.0945 e. The van der Waals surface area contributed by atoms with E-state index >= 15 is 0 Å². The minimum Gasteiger partial charge on any atom is -0.340 e. The normalized spacial score (nSPS) is 16.0. The number of nitrogens with zero attached hydrogens (tertiary/aromatic N) is 2. The topological polar surface area (TPSA) is 17.8 Å². The maximum absolute atomic E-state index is 4.87. The van der Waals surface area contributed by atoms with Crippen molar-refractivity contribution in [1.29, 1.82) is 0 Å². The number of hydrogen-bond donors (Lipinski definition) is 0. The zero-order chi connectivity index (χ0) is 16.7. The molecule has 0 spiro atoms. The third-order valence-corrected chi connectivity index (χ3v) is 5.75. The molecule has 0 aliphatic heterocycles. The van der Waals surface area contributed by atoms with Gasteiger partial charge in [-0.3, -0.25) is 4.98 Å². The van der Waals surface area contributed by atoms with Gasteiger partial charge >= 0.3 is 0 Å². The minimum absolute atomic E-state index is 0.626. The number of benzene rings is 1. The highest BCUT2D eigenvalue weighted by Gasteiger charge is 2.24. The average molecular weight is 318 g/mol. The van der Waals surface area contributed by atoms with Gasteiger partial charge in [0.2, 0.25) is 0 Å². The van der Waals surface area contributed by atoms with Crippen molar-refractivity contribution in [3.05, 3.63) is 53.3 Å². The highest BCUT2D eigenvalue weighted by atomic mass is 15.0. The van der Waals surface area contributed by atoms with Gasteiger partial charge in [0.25, 0.3) is 0 Å². The van der Waals surface area contributed by atoms with Gasteiger partial charge in [-0.25, -0.2) is 0 Å². The van der Waals surface area contributed by atoms with E-state index in [9.17, 15) is 0 Å². The first kappa shape index (κ1) is 15.4. The molecule has 1 aliphatic rings. The van der Waals surface area contributed by atoms with Crippen LogP contribution in [-0.4, -0.2) is 9.55 Å². The molecule has 2 heteroatoms. The highest BCUT2D eigenvalue weighted by molar-refractivity contribution is 5.97. The lowest BCUT2D eigenvalue weighted by Gasteiger charge is -2.26. The molecule has 0 N–H and O–H groups in total. The second-order valence-corrected chi connectivity index (χ2v) is 7.25. The predicted octanol–water partition coefficient (Wildman–Crippen LogP) is 6.13. The zero-order valence-corrected chi connectivity index (χ0v) is 15.0. The molecule has 0 radical (unpaired) electrons. The van der Waals surface area contributed by atoms with Crippen LogP contribution in [0.1, 0.15) is 55.0 Å². The van der Waals surface area contributed by atoms with Crippen molar-refractivity contribution in [3.8, 4) is 11.3 Å². The van der Waals surface area contributed by atoms with Crippen molar-refractivity contribution in [2.75, 3.05) is 0 Å². The Labute approximate surface area is 144 Å². The van der Waals surface area contributed by atoms with E-state index in [0.717, 1.165) is 5.69 Å². The van der Waals surface area contributed by atoms with Crippen molar-refractivity contribution in [2.24, 2.45) is 0 Å². The second-order valence-electron chi connectivity index (χ2n) is 7.25. The Bertz CT molecular complexity index is 868. The minimum atomic E-state index is 0.626. The fourth-order valence-electron chi connectivity index (χ4n) is 4.43. The number of pyridine rings is 1. The zero-order valence-electron chi connectivity index (χ0n) is 15.0. The van der Waals surface area contributed by atoms with Crippen molar-refractivity contribution in [1.82, 2.24) is 9.55 Å². The quantitative estimate of drug-likeness (QED) is 0.555. The van der Waals surface area contributed by atoms with Crippen LogP contribution in [0.3, 0.4) is 0 Å². The smallest absolute Gasteiger partial charge is 0.0945 e. The van der Waals surface area contributed by atoms with E-state index < -0.39 is 0 Å². The number of hydrogen-bond acceptors (Lipinski definition) is 1. The van der Waals surface area contributed by atoms with E-state index in [2.05, 4.69) is 55.7 Å². The van der Waals surface area contributed by atoms with Gasteiger partial charge in [-0.05, 0) is 44.7 Å². The molecule has 4 rings (SSSR count). The summed E-state index contributed by atoms with van der Waals surface area (Å²) < 4.78 is 2.62. The van der Waals surface area contributed by atoms with Gasteiger partial charge < -0.3 is 4.57 Å². The summed E-state index contributed by atoms with van der Waals surface area (Å²) in [6, 6.07) is 11.3. The Balaban J connectivity index is 2.04. The molecule has 0 unspecified atom stereocenters. The number of aromatic nitrogens is 2. The van der Waals surface area contributed by atoms with Crippen LogP contribution in [-0.2, 0) is 0 Å². The molecule has 0 saturated heterocycles. The van der Waals surface area contributed by atoms with Crippen LogP contribution < -0.4 is 0 Å².